The summed E-state index contributed by atoms with van der Waals surface area (Å²) in [5.41, 5.74) is 1.01. The molecule has 4 nitrogen and oxygen atoms in total. The van der Waals surface area contributed by atoms with E-state index in [9.17, 15) is 4.79 Å². The Bertz CT molecular complexity index is 493. The molecule has 0 spiro atoms. The largest absolute Gasteiger partial charge is 0.365 e. The molecule has 0 fully saturated rings. The van der Waals surface area contributed by atoms with Crippen molar-refractivity contribution in [3.05, 3.63) is 33.5 Å². The number of aromatic nitrogens is 1. The van der Waals surface area contributed by atoms with Crippen molar-refractivity contribution in [3.8, 4) is 0 Å². The van der Waals surface area contributed by atoms with Gasteiger partial charge in [0, 0.05) is 30.3 Å². The fourth-order valence-electron chi connectivity index (χ4n) is 1.50. The van der Waals surface area contributed by atoms with Crippen molar-refractivity contribution < 1.29 is 4.79 Å². The Morgan fingerprint density at radius 2 is 2.33 bits per heavy atom. The molecule has 0 unspecified atom stereocenters. The normalized spacial score (nSPS) is 10.3. The number of nitrogens with one attached hydrogen (secondary N) is 2. The maximum Gasteiger partial charge on any atom is 0.225 e. The number of thiophene rings is 1. The highest BCUT2D eigenvalue weighted by atomic mass is 32.1. The molecular formula is C12H15N3OS2. The summed E-state index contributed by atoms with van der Waals surface area (Å²) in [5, 5.41) is 10.8. The second kappa shape index (κ2) is 6.51. The van der Waals surface area contributed by atoms with Crippen molar-refractivity contribution >= 4 is 33.7 Å². The number of hydrogen-bond acceptors (Lipinski definition) is 5. The Morgan fingerprint density at radius 1 is 1.44 bits per heavy atom. The van der Waals surface area contributed by atoms with Crippen molar-refractivity contribution in [2.45, 2.75) is 12.8 Å². The molecular weight excluding hydrogens is 266 g/mol. The van der Waals surface area contributed by atoms with Crippen LogP contribution in [-0.2, 0) is 17.6 Å². The van der Waals surface area contributed by atoms with E-state index in [-0.39, 0.29) is 5.91 Å². The van der Waals surface area contributed by atoms with E-state index in [0.717, 1.165) is 22.1 Å². The number of nitrogens with zero attached hydrogens (tertiary/aromatic N) is 1. The van der Waals surface area contributed by atoms with Crippen LogP contribution in [0.5, 0.6) is 0 Å². The van der Waals surface area contributed by atoms with Gasteiger partial charge in [-0.05, 0) is 11.4 Å². The minimum absolute atomic E-state index is 0.0709. The van der Waals surface area contributed by atoms with Crippen LogP contribution in [0.25, 0.3) is 0 Å². The lowest BCUT2D eigenvalue weighted by molar-refractivity contribution is -0.120. The van der Waals surface area contributed by atoms with Gasteiger partial charge in [-0.3, -0.25) is 4.79 Å². The summed E-state index contributed by atoms with van der Waals surface area (Å²) in [6.07, 6.45) is 1.24. The van der Waals surface area contributed by atoms with E-state index >= 15 is 0 Å². The highest BCUT2D eigenvalue weighted by Crippen LogP contribution is 2.14. The standard InChI is InChI=1S/C12H15N3OS2/c1-13-12-15-9(8-18-12)4-5-14-11(16)7-10-3-2-6-17-10/h2-3,6,8H,4-5,7H2,1H3,(H,13,15)(H,14,16). The summed E-state index contributed by atoms with van der Waals surface area (Å²) in [7, 11) is 1.85. The van der Waals surface area contributed by atoms with Gasteiger partial charge in [0.05, 0.1) is 12.1 Å². The van der Waals surface area contributed by atoms with E-state index in [1.54, 1.807) is 22.7 Å². The number of rotatable bonds is 6. The smallest absolute Gasteiger partial charge is 0.225 e. The quantitative estimate of drug-likeness (QED) is 0.853. The minimum atomic E-state index is 0.0709. The van der Waals surface area contributed by atoms with Crippen LogP contribution in [0.2, 0.25) is 0 Å². The first-order valence-corrected chi connectivity index (χ1v) is 7.45. The number of anilines is 1. The first kappa shape index (κ1) is 13.0. The minimum Gasteiger partial charge on any atom is -0.365 e. The molecule has 2 rings (SSSR count). The molecule has 0 bridgehead atoms. The lowest BCUT2D eigenvalue weighted by atomic mass is 10.3. The molecule has 0 atom stereocenters. The Labute approximate surface area is 114 Å². The van der Waals surface area contributed by atoms with Crippen molar-refractivity contribution in [1.82, 2.24) is 10.3 Å². The van der Waals surface area contributed by atoms with Gasteiger partial charge in [-0.25, -0.2) is 4.98 Å². The molecule has 18 heavy (non-hydrogen) atoms. The topological polar surface area (TPSA) is 54.0 Å². The van der Waals surface area contributed by atoms with Gasteiger partial charge < -0.3 is 10.6 Å². The van der Waals surface area contributed by atoms with E-state index in [2.05, 4.69) is 15.6 Å². The Hall–Kier alpha value is -1.40. The molecule has 2 aromatic rings. The van der Waals surface area contributed by atoms with E-state index in [1.165, 1.54) is 0 Å². The van der Waals surface area contributed by atoms with Crippen LogP contribution < -0.4 is 10.6 Å². The first-order chi connectivity index (χ1) is 8.78. The number of carbonyl (C=O) groups is 1. The van der Waals surface area contributed by atoms with Crippen molar-refractivity contribution in [2.24, 2.45) is 0 Å². The van der Waals surface area contributed by atoms with Gasteiger partial charge in [0.1, 0.15) is 0 Å². The molecule has 2 N–H and O–H groups in total. The van der Waals surface area contributed by atoms with Crippen LogP contribution >= 0.6 is 22.7 Å². The van der Waals surface area contributed by atoms with E-state index in [1.807, 2.05) is 29.9 Å². The molecule has 0 radical (unpaired) electrons. The fraction of sp³-hybridized carbons (Fsp3) is 0.333. The zero-order valence-electron chi connectivity index (χ0n) is 10.1. The van der Waals surface area contributed by atoms with Gasteiger partial charge in [-0.2, -0.15) is 0 Å². The maximum atomic E-state index is 11.6. The second-order valence-electron chi connectivity index (χ2n) is 3.75. The third kappa shape index (κ3) is 3.82. The van der Waals surface area contributed by atoms with Crippen LogP contribution in [-0.4, -0.2) is 24.5 Å². The summed E-state index contributed by atoms with van der Waals surface area (Å²) < 4.78 is 0. The lowest BCUT2D eigenvalue weighted by Gasteiger charge is -2.02. The summed E-state index contributed by atoms with van der Waals surface area (Å²) in [4.78, 5) is 17.1. The summed E-state index contributed by atoms with van der Waals surface area (Å²) >= 11 is 3.19. The molecule has 0 aromatic carbocycles. The molecule has 1 amide bonds. The Kier molecular flexibility index (Phi) is 4.72. The molecule has 2 aromatic heterocycles. The van der Waals surface area contributed by atoms with Crippen LogP contribution in [0, 0.1) is 0 Å². The van der Waals surface area contributed by atoms with Crippen LogP contribution in [0.15, 0.2) is 22.9 Å². The first-order valence-electron chi connectivity index (χ1n) is 5.69. The molecule has 0 aliphatic carbocycles. The molecule has 96 valence electrons. The van der Waals surface area contributed by atoms with Crippen LogP contribution in [0.3, 0.4) is 0 Å². The monoisotopic (exact) mass is 281 g/mol. The zero-order valence-corrected chi connectivity index (χ0v) is 11.7. The van der Waals surface area contributed by atoms with Crippen LogP contribution in [0.1, 0.15) is 10.6 Å². The van der Waals surface area contributed by atoms with Crippen molar-refractivity contribution in [2.75, 3.05) is 18.9 Å². The number of amides is 1. The predicted molar refractivity (Wildman–Crippen MR) is 76.4 cm³/mol. The summed E-state index contributed by atoms with van der Waals surface area (Å²) in [6.45, 7) is 0.636. The fourth-order valence-corrected chi connectivity index (χ4v) is 2.91. The number of carbonyl (C=O) groups excluding carboxylic acids is 1. The molecule has 6 heteroatoms. The third-order valence-electron chi connectivity index (χ3n) is 2.38. The van der Waals surface area contributed by atoms with Gasteiger partial charge in [-0.15, -0.1) is 22.7 Å². The van der Waals surface area contributed by atoms with E-state index in [4.69, 9.17) is 0 Å². The lowest BCUT2D eigenvalue weighted by Crippen LogP contribution is -2.27. The van der Waals surface area contributed by atoms with E-state index in [0.29, 0.717) is 13.0 Å². The molecule has 0 saturated carbocycles. The number of thiazole rings is 1. The van der Waals surface area contributed by atoms with Gasteiger partial charge in [0.25, 0.3) is 0 Å². The molecule has 0 aliphatic rings. The predicted octanol–water partition coefficient (Wildman–Crippen LogP) is 2.15. The molecule has 0 saturated heterocycles. The summed E-state index contributed by atoms with van der Waals surface area (Å²) in [5.74, 6) is 0.0709. The Balaban J connectivity index is 1.70. The van der Waals surface area contributed by atoms with Gasteiger partial charge in [0.15, 0.2) is 5.13 Å². The average Bonchev–Trinajstić information content (AvgIpc) is 3.00. The van der Waals surface area contributed by atoms with Gasteiger partial charge in [-0.1, -0.05) is 6.07 Å². The Morgan fingerprint density at radius 3 is 3.00 bits per heavy atom. The van der Waals surface area contributed by atoms with Crippen LogP contribution in [0.4, 0.5) is 5.13 Å². The summed E-state index contributed by atoms with van der Waals surface area (Å²) in [6, 6.07) is 3.94. The third-order valence-corrected chi connectivity index (χ3v) is 4.17. The van der Waals surface area contributed by atoms with Crippen molar-refractivity contribution in [3.63, 3.8) is 0 Å². The maximum absolute atomic E-state index is 11.6. The van der Waals surface area contributed by atoms with Gasteiger partial charge >= 0.3 is 0 Å². The number of hydrogen-bond donors (Lipinski definition) is 2. The average molecular weight is 281 g/mol. The highest BCUT2D eigenvalue weighted by Gasteiger charge is 2.04. The van der Waals surface area contributed by atoms with Crippen molar-refractivity contribution in [1.29, 1.82) is 0 Å². The van der Waals surface area contributed by atoms with E-state index < -0.39 is 0 Å². The molecule has 0 aliphatic heterocycles. The highest BCUT2D eigenvalue weighted by molar-refractivity contribution is 7.13. The SMILES string of the molecule is CNc1nc(CCNC(=O)Cc2cccs2)cs1. The molecule has 2 heterocycles. The zero-order chi connectivity index (χ0) is 12.8. The second-order valence-corrected chi connectivity index (χ2v) is 5.64. The van der Waals surface area contributed by atoms with Gasteiger partial charge in [0.2, 0.25) is 5.91 Å².